The maximum atomic E-state index is 5.90. The molecule has 0 radical (unpaired) electrons. The Hall–Kier alpha value is -3.74. The van der Waals surface area contributed by atoms with Crippen molar-refractivity contribution in [1.29, 1.82) is 0 Å². The summed E-state index contributed by atoms with van der Waals surface area (Å²) in [5.74, 6) is 2.23. The van der Waals surface area contributed by atoms with Crippen molar-refractivity contribution in [3.05, 3.63) is 60.7 Å². The normalized spacial score (nSPS) is 13.0. The van der Waals surface area contributed by atoms with Crippen molar-refractivity contribution in [1.82, 2.24) is 15.0 Å². The smallest absolute Gasteiger partial charge is 0.300 e. The Morgan fingerprint density at radius 2 is 1.83 bits per heavy atom. The van der Waals surface area contributed by atoms with Gasteiger partial charge in [0, 0.05) is 18.3 Å². The van der Waals surface area contributed by atoms with Gasteiger partial charge in [0.15, 0.2) is 5.82 Å². The number of hydrogen-bond acceptors (Lipinski definition) is 6. The highest BCUT2D eigenvalue weighted by Crippen LogP contribution is 2.40. The molecular weight excluding hydrogens is 366 g/mol. The molecule has 0 atom stereocenters. The fourth-order valence-electron chi connectivity index (χ4n) is 3.55. The molecule has 1 aliphatic rings. The van der Waals surface area contributed by atoms with Crippen molar-refractivity contribution >= 4 is 28.2 Å². The standard InChI is InChI=1S/C22H21N5O2/c1-3-26-14-27(21-19(26)12-13-20(25-21)28-2)15-8-10-16(11-9-15)29-22-23-17-6-4-5-7-18(17)24-22/h4-13H,3,14H2,1-2H3,(H,23,24). The Kier molecular flexibility index (Phi) is 4.20. The number of hydrogen-bond donors (Lipinski definition) is 1. The first-order valence-electron chi connectivity index (χ1n) is 9.55. The van der Waals surface area contributed by atoms with Gasteiger partial charge >= 0.3 is 0 Å². The average Bonchev–Trinajstić information content (AvgIpc) is 3.34. The summed E-state index contributed by atoms with van der Waals surface area (Å²) in [5, 5.41) is 0. The fourth-order valence-corrected chi connectivity index (χ4v) is 3.55. The van der Waals surface area contributed by atoms with Gasteiger partial charge in [-0.1, -0.05) is 12.1 Å². The van der Waals surface area contributed by atoms with Gasteiger partial charge in [0.2, 0.25) is 5.88 Å². The number of aromatic amines is 1. The first-order valence-corrected chi connectivity index (χ1v) is 9.55. The van der Waals surface area contributed by atoms with E-state index in [9.17, 15) is 0 Å². The van der Waals surface area contributed by atoms with Crippen LogP contribution in [0, 0.1) is 0 Å². The van der Waals surface area contributed by atoms with Crippen LogP contribution in [0.3, 0.4) is 0 Å². The van der Waals surface area contributed by atoms with Crippen LogP contribution >= 0.6 is 0 Å². The molecule has 7 nitrogen and oxygen atoms in total. The molecule has 0 aliphatic carbocycles. The molecule has 0 amide bonds. The van der Waals surface area contributed by atoms with Crippen molar-refractivity contribution in [3.8, 4) is 17.6 Å². The topological polar surface area (TPSA) is 66.5 Å². The second-order valence-corrected chi connectivity index (χ2v) is 6.78. The zero-order valence-electron chi connectivity index (χ0n) is 16.3. The van der Waals surface area contributed by atoms with Crippen LogP contribution in [-0.2, 0) is 0 Å². The van der Waals surface area contributed by atoms with E-state index in [0.717, 1.165) is 47.2 Å². The zero-order chi connectivity index (χ0) is 19.8. The minimum atomic E-state index is 0.481. The lowest BCUT2D eigenvalue weighted by molar-refractivity contribution is 0.398. The molecule has 2 aromatic heterocycles. The number of aromatic nitrogens is 3. The molecule has 0 unspecified atom stereocenters. The van der Waals surface area contributed by atoms with Crippen molar-refractivity contribution in [2.24, 2.45) is 0 Å². The third-order valence-electron chi connectivity index (χ3n) is 5.06. The fraction of sp³-hybridized carbons (Fsp3) is 0.182. The molecule has 2 aromatic carbocycles. The monoisotopic (exact) mass is 387 g/mol. The number of methoxy groups -OCH3 is 1. The number of imidazole rings is 1. The van der Waals surface area contributed by atoms with Gasteiger partial charge in [0.1, 0.15) is 5.75 Å². The van der Waals surface area contributed by atoms with Crippen molar-refractivity contribution in [2.75, 3.05) is 30.1 Å². The van der Waals surface area contributed by atoms with Gasteiger partial charge in [-0.15, -0.1) is 0 Å². The summed E-state index contributed by atoms with van der Waals surface area (Å²) < 4.78 is 11.2. The third kappa shape index (κ3) is 3.10. The summed E-state index contributed by atoms with van der Waals surface area (Å²) >= 11 is 0. The van der Waals surface area contributed by atoms with Gasteiger partial charge in [-0.05, 0) is 49.4 Å². The van der Waals surface area contributed by atoms with Gasteiger partial charge < -0.3 is 24.3 Å². The summed E-state index contributed by atoms with van der Waals surface area (Å²) in [7, 11) is 1.63. The Morgan fingerprint density at radius 1 is 1.00 bits per heavy atom. The number of pyridine rings is 1. The van der Waals surface area contributed by atoms with Crippen LogP contribution in [0.15, 0.2) is 60.7 Å². The predicted octanol–water partition coefficient (Wildman–Crippen LogP) is 4.69. The van der Waals surface area contributed by atoms with E-state index in [4.69, 9.17) is 9.47 Å². The van der Waals surface area contributed by atoms with E-state index in [1.807, 2.05) is 54.6 Å². The van der Waals surface area contributed by atoms with Crippen LogP contribution in [0.4, 0.5) is 17.2 Å². The van der Waals surface area contributed by atoms with E-state index >= 15 is 0 Å². The Morgan fingerprint density at radius 3 is 2.59 bits per heavy atom. The molecule has 3 heterocycles. The number of rotatable bonds is 5. The molecule has 0 bridgehead atoms. The number of H-pyrrole nitrogens is 1. The lowest BCUT2D eigenvalue weighted by Gasteiger charge is -2.20. The van der Waals surface area contributed by atoms with Gasteiger partial charge in [-0.2, -0.15) is 9.97 Å². The van der Waals surface area contributed by atoms with Crippen molar-refractivity contribution in [3.63, 3.8) is 0 Å². The first kappa shape index (κ1) is 17.4. The highest BCUT2D eigenvalue weighted by atomic mass is 16.5. The molecule has 0 fully saturated rings. The molecular formula is C22H21N5O2. The maximum absolute atomic E-state index is 5.90. The highest BCUT2D eigenvalue weighted by Gasteiger charge is 2.28. The number of ether oxygens (including phenoxy) is 2. The molecule has 0 spiro atoms. The maximum Gasteiger partial charge on any atom is 0.300 e. The van der Waals surface area contributed by atoms with Crippen LogP contribution in [0.5, 0.6) is 17.6 Å². The van der Waals surface area contributed by atoms with Gasteiger partial charge in [-0.3, -0.25) is 0 Å². The van der Waals surface area contributed by atoms with E-state index in [-0.39, 0.29) is 0 Å². The first-order chi connectivity index (χ1) is 14.2. The number of benzene rings is 2. The van der Waals surface area contributed by atoms with Crippen LogP contribution in [0.1, 0.15) is 6.92 Å². The van der Waals surface area contributed by atoms with Crippen LogP contribution < -0.4 is 19.3 Å². The molecule has 5 rings (SSSR count). The summed E-state index contributed by atoms with van der Waals surface area (Å²) in [4.78, 5) is 16.7. The lowest BCUT2D eigenvalue weighted by atomic mass is 10.2. The molecule has 0 saturated carbocycles. The van der Waals surface area contributed by atoms with E-state index in [1.165, 1.54) is 0 Å². The minimum absolute atomic E-state index is 0.481. The predicted molar refractivity (Wildman–Crippen MR) is 113 cm³/mol. The largest absolute Gasteiger partial charge is 0.481 e. The third-order valence-corrected chi connectivity index (χ3v) is 5.06. The van der Waals surface area contributed by atoms with E-state index < -0.39 is 0 Å². The molecule has 1 N–H and O–H groups in total. The number of para-hydroxylation sites is 2. The Bertz CT molecular complexity index is 1120. The second-order valence-electron chi connectivity index (χ2n) is 6.78. The SMILES string of the molecule is CCN1CN(c2ccc(Oc3nc4ccccc4[nH]3)cc2)c2nc(OC)ccc21. The summed E-state index contributed by atoms with van der Waals surface area (Å²) in [6, 6.07) is 20.2. The Balaban J connectivity index is 1.40. The van der Waals surface area contributed by atoms with Crippen LogP contribution in [-0.4, -0.2) is 35.3 Å². The quantitative estimate of drug-likeness (QED) is 0.536. The number of nitrogens with one attached hydrogen (secondary N) is 1. The van der Waals surface area contributed by atoms with E-state index in [1.54, 1.807) is 7.11 Å². The Labute approximate surface area is 168 Å². The number of fused-ring (bicyclic) bond motifs is 2. The van der Waals surface area contributed by atoms with Gasteiger partial charge in [0.25, 0.3) is 6.01 Å². The number of anilines is 3. The second kappa shape index (κ2) is 7.01. The average molecular weight is 387 g/mol. The van der Waals surface area contributed by atoms with Crippen molar-refractivity contribution in [2.45, 2.75) is 6.92 Å². The number of nitrogens with zero attached hydrogens (tertiary/aromatic N) is 4. The van der Waals surface area contributed by atoms with Gasteiger partial charge in [0.05, 0.1) is 30.5 Å². The van der Waals surface area contributed by atoms with Crippen molar-refractivity contribution < 1.29 is 9.47 Å². The summed E-state index contributed by atoms with van der Waals surface area (Å²) in [6.07, 6.45) is 0. The molecule has 4 aromatic rings. The summed E-state index contributed by atoms with van der Waals surface area (Å²) in [5.41, 5.74) is 3.98. The van der Waals surface area contributed by atoms with Crippen LogP contribution in [0.2, 0.25) is 0 Å². The molecule has 146 valence electrons. The van der Waals surface area contributed by atoms with Crippen LogP contribution in [0.25, 0.3) is 11.0 Å². The van der Waals surface area contributed by atoms with E-state index in [0.29, 0.717) is 11.9 Å². The highest BCUT2D eigenvalue weighted by molar-refractivity contribution is 5.80. The molecule has 7 heteroatoms. The van der Waals surface area contributed by atoms with E-state index in [2.05, 4.69) is 37.7 Å². The van der Waals surface area contributed by atoms with Gasteiger partial charge in [-0.25, -0.2) is 0 Å². The molecule has 1 aliphatic heterocycles. The summed E-state index contributed by atoms with van der Waals surface area (Å²) in [6.45, 7) is 3.79. The molecule has 29 heavy (non-hydrogen) atoms. The zero-order valence-corrected chi connectivity index (χ0v) is 16.3. The minimum Gasteiger partial charge on any atom is -0.481 e. The lowest BCUT2D eigenvalue weighted by Crippen LogP contribution is -2.27. The molecule has 0 saturated heterocycles.